The number of ether oxygens (including phenoxy) is 2. The topological polar surface area (TPSA) is 97.8 Å². The molecule has 1 aliphatic rings. The van der Waals surface area contributed by atoms with E-state index in [2.05, 4.69) is 26.2 Å². The summed E-state index contributed by atoms with van der Waals surface area (Å²) in [4.78, 5) is 28.4. The lowest BCUT2D eigenvalue weighted by Gasteiger charge is -2.20. The Morgan fingerprint density at radius 3 is 2.29 bits per heavy atom. The summed E-state index contributed by atoms with van der Waals surface area (Å²) in [5, 5.41) is 12.1. The zero-order valence-electron chi connectivity index (χ0n) is 16.5. The molecule has 31 heavy (non-hydrogen) atoms. The number of nitrogens with zero attached hydrogens (tertiary/aromatic N) is 1. The van der Waals surface area contributed by atoms with Crippen LogP contribution in [-0.2, 0) is 9.53 Å². The second-order valence-corrected chi connectivity index (χ2v) is 7.83. The molecule has 0 saturated carbocycles. The molecular weight excluding hydrogens is 464 g/mol. The van der Waals surface area contributed by atoms with Gasteiger partial charge in [0.05, 0.1) is 13.3 Å². The molecule has 0 saturated heterocycles. The van der Waals surface area contributed by atoms with Crippen molar-refractivity contribution in [3.63, 3.8) is 0 Å². The molecule has 1 unspecified atom stereocenters. The van der Waals surface area contributed by atoms with E-state index in [4.69, 9.17) is 9.47 Å². The molecule has 7 nitrogen and oxygen atoms in total. The molecule has 0 fully saturated rings. The third kappa shape index (κ3) is 3.98. The second-order valence-electron chi connectivity index (χ2n) is 6.98. The maximum Gasteiger partial charge on any atom is 0.408 e. The Kier molecular flexibility index (Phi) is 5.90. The maximum absolute atomic E-state index is 12.6. The van der Waals surface area contributed by atoms with Crippen LogP contribution in [-0.4, -0.2) is 35.9 Å². The van der Waals surface area contributed by atoms with Gasteiger partial charge in [-0.15, -0.1) is 0 Å². The van der Waals surface area contributed by atoms with Gasteiger partial charge in [0.25, 0.3) is 0 Å². The number of rotatable bonds is 6. The molecule has 0 aliphatic heterocycles. The van der Waals surface area contributed by atoms with E-state index in [9.17, 15) is 14.7 Å². The smallest absolute Gasteiger partial charge is 0.408 e. The highest BCUT2D eigenvalue weighted by atomic mass is 79.9. The van der Waals surface area contributed by atoms with E-state index in [1.807, 2.05) is 48.5 Å². The molecule has 0 bridgehead atoms. The highest BCUT2D eigenvalue weighted by molar-refractivity contribution is 9.10. The monoisotopic (exact) mass is 482 g/mol. The highest BCUT2D eigenvalue weighted by Gasteiger charge is 2.31. The summed E-state index contributed by atoms with van der Waals surface area (Å²) in [6.45, 7) is 0.0842. The third-order valence-corrected chi connectivity index (χ3v) is 5.90. The average molecular weight is 483 g/mol. The lowest BCUT2D eigenvalue weighted by molar-refractivity contribution is -0.139. The van der Waals surface area contributed by atoms with E-state index in [0.29, 0.717) is 4.47 Å². The van der Waals surface area contributed by atoms with Gasteiger partial charge in [-0.05, 0) is 38.2 Å². The number of aliphatic carboxylic acids is 1. The predicted molar refractivity (Wildman–Crippen MR) is 117 cm³/mol. The number of pyridine rings is 1. The molecule has 0 spiro atoms. The van der Waals surface area contributed by atoms with Crippen molar-refractivity contribution < 1.29 is 24.2 Å². The molecule has 4 rings (SSSR count). The quantitative estimate of drug-likeness (QED) is 0.535. The van der Waals surface area contributed by atoms with E-state index in [1.165, 1.54) is 19.5 Å². The van der Waals surface area contributed by atoms with Crippen molar-refractivity contribution in [3.8, 4) is 16.9 Å². The number of hydrogen-bond donors (Lipinski definition) is 2. The van der Waals surface area contributed by atoms with E-state index < -0.39 is 18.1 Å². The Hall–Kier alpha value is -3.39. The molecule has 0 radical (unpaired) electrons. The minimum atomic E-state index is -1.37. The first-order valence-electron chi connectivity index (χ1n) is 9.53. The third-order valence-electron chi connectivity index (χ3n) is 5.26. The lowest BCUT2D eigenvalue weighted by atomic mass is 9.98. The van der Waals surface area contributed by atoms with Gasteiger partial charge >= 0.3 is 12.1 Å². The summed E-state index contributed by atoms with van der Waals surface area (Å²) in [6.07, 6.45) is 1.99. The van der Waals surface area contributed by atoms with Crippen LogP contribution in [0.5, 0.6) is 5.75 Å². The number of halogens is 1. The van der Waals surface area contributed by atoms with Crippen LogP contribution >= 0.6 is 15.9 Å². The molecule has 158 valence electrons. The van der Waals surface area contributed by atoms with Crippen LogP contribution < -0.4 is 10.1 Å². The zero-order chi connectivity index (χ0) is 22.0. The molecule has 8 heteroatoms. The van der Waals surface area contributed by atoms with Crippen molar-refractivity contribution in [1.82, 2.24) is 10.3 Å². The van der Waals surface area contributed by atoms with Gasteiger partial charge in [0.15, 0.2) is 6.04 Å². The van der Waals surface area contributed by atoms with Crippen LogP contribution in [0.15, 0.2) is 65.4 Å². The fourth-order valence-corrected chi connectivity index (χ4v) is 4.43. The van der Waals surface area contributed by atoms with Crippen LogP contribution in [0, 0.1) is 0 Å². The van der Waals surface area contributed by atoms with Crippen LogP contribution in [0.25, 0.3) is 11.1 Å². The van der Waals surface area contributed by atoms with Gasteiger partial charge in [-0.25, -0.2) is 9.59 Å². The fraction of sp³-hybridized carbons (Fsp3) is 0.174. The number of carboxylic acids is 1. The summed E-state index contributed by atoms with van der Waals surface area (Å²) >= 11 is 3.28. The van der Waals surface area contributed by atoms with E-state index in [-0.39, 0.29) is 23.8 Å². The number of hydrogen-bond acceptors (Lipinski definition) is 5. The fourth-order valence-electron chi connectivity index (χ4n) is 3.89. The molecule has 2 N–H and O–H groups in total. The second kappa shape index (κ2) is 8.77. The van der Waals surface area contributed by atoms with Crippen LogP contribution in [0.3, 0.4) is 0 Å². The van der Waals surface area contributed by atoms with Gasteiger partial charge in [-0.1, -0.05) is 48.5 Å². The van der Waals surface area contributed by atoms with Crippen molar-refractivity contribution in [2.75, 3.05) is 13.7 Å². The molecule has 1 aromatic heterocycles. The molecule has 2 aromatic carbocycles. The average Bonchev–Trinajstić information content (AvgIpc) is 3.10. The number of nitrogens with one attached hydrogen (secondary N) is 1. The summed E-state index contributed by atoms with van der Waals surface area (Å²) in [7, 11) is 1.40. The van der Waals surface area contributed by atoms with Gasteiger partial charge in [-0.2, -0.15) is 0 Å². The predicted octanol–water partition coefficient (Wildman–Crippen LogP) is 4.52. The van der Waals surface area contributed by atoms with Gasteiger partial charge in [-0.3, -0.25) is 4.98 Å². The van der Waals surface area contributed by atoms with Crippen molar-refractivity contribution in [1.29, 1.82) is 0 Å². The Balaban J connectivity index is 1.52. The molecular formula is C23H19BrN2O5. The van der Waals surface area contributed by atoms with Crippen LogP contribution in [0.2, 0.25) is 0 Å². The lowest BCUT2D eigenvalue weighted by Crippen LogP contribution is -2.35. The number of amides is 1. The van der Waals surface area contributed by atoms with E-state index >= 15 is 0 Å². The van der Waals surface area contributed by atoms with Crippen LogP contribution in [0.1, 0.15) is 28.7 Å². The number of carboxylic acid groups (broad SMARTS) is 1. The zero-order valence-corrected chi connectivity index (χ0v) is 18.1. The summed E-state index contributed by atoms with van der Waals surface area (Å²) in [6, 6.07) is 14.6. The normalized spacial score (nSPS) is 13.1. The van der Waals surface area contributed by atoms with Gasteiger partial charge in [0.2, 0.25) is 0 Å². The number of carbonyl (C=O) groups excluding carboxylic acids is 1. The molecule has 1 atom stereocenters. The van der Waals surface area contributed by atoms with Crippen LogP contribution in [0.4, 0.5) is 4.79 Å². The first-order valence-corrected chi connectivity index (χ1v) is 10.3. The number of methoxy groups -OCH3 is 1. The summed E-state index contributed by atoms with van der Waals surface area (Å²) in [5.74, 6) is -1.14. The Bertz CT molecular complexity index is 1100. The Morgan fingerprint density at radius 1 is 1.10 bits per heavy atom. The van der Waals surface area contributed by atoms with Crippen molar-refractivity contribution in [3.05, 3.63) is 82.1 Å². The first-order chi connectivity index (χ1) is 15.0. The van der Waals surface area contributed by atoms with Crippen molar-refractivity contribution in [2.24, 2.45) is 0 Å². The van der Waals surface area contributed by atoms with Gasteiger partial charge < -0.3 is 19.9 Å². The van der Waals surface area contributed by atoms with Gasteiger partial charge in [0, 0.05) is 22.2 Å². The minimum Gasteiger partial charge on any atom is -0.495 e. The minimum absolute atomic E-state index is 0.0842. The molecule has 1 heterocycles. The number of alkyl carbamates (subject to hydrolysis) is 1. The van der Waals surface area contributed by atoms with Gasteiger partial charge in [0.1, 0.15) is 12.4 Å². The standard InChI is InChI=1S/C23H19BrN2O5/c1-30-19-11-25-10-18(24)20(19)21(22(27)28)26-23(29)31-12-17-15-8-4-2-6-13(15)14-7-3-5-9-16(14)17/h2-11,17,21H,12H2,1H3,(H,26,29)(H,27,28). The van der Waals surface area contributed by atoms with Crippen molar-refractivity contribution in [2.45, 2.75) is 12.0 Å². The number of fused-ring (bicyclic) bond motifs is 3. The molecule has 1 amide bonds. The maximum atomic E-state index is 12.6. The SMILES string of the molecule is COc1cncc(Br)c1C(NC(=O)OCC1c2ccccc2-c2ccccc21)C(=O)O. The largest absolute Gasteiger partial charge is 0.495 e. The Morgan fingerprint density at radius 2 is 1.71 bits per heavy atom. The summed E-state index contributed by atoms with van der Waals surface area (Å²) < 4.78 is 11.1. The van der Waals surface area contributed by atoms with E-state index in [0.717, 1.165) is 22.3 Å². The van der Waals surface area contributed by atoms with Crippen molar-refractivity contribution >= 4 is 28.0 Å². The number of aromatic nitrogens is 1. The molecule has 3 aromatic rings. The Labute approximate surface area is 187 Å². The first kappa shape index (κ1) is 20.9. The summed E-state index contributed by atoms with van der Waals surface area (Å²) in [5.41, 5.74) is 4.62. The van der Waals surface area contributed by atoms with E-state index in [1.54, 1.807) is 0 Å². The number of benzene rings is 2. The molecule has 1 aliphatic carbocycles. The highest BCUT2D eigenvalue weighted by Crippen LogP contribution is 2.44. The number of carbonyl (C=O) groups is 2.